The van der Waals surface area contributed by atoms with Crippen molar-refractivity contribution in [1.29, 1.82) is 0 Å². The van der Waals surface area contributed by atoms with E-state index >= 15 is 0 Å². The van der Waals surface area contributed by atoms with E-state index in [-0.39, 0.29) is 17.6 Å². The van der Waals surface area contributed by atoms with Gasteiger partial charge in [-0.05, 0) is 64.9 Å². The number of rotatable bonds is 7. The highest BCUT2D eigenvalue weighted by atomic mass is 16.5. The molecule has 8 nitrogen and oxygen atoms in total. The Morgan fingerprint density at radius 3 is 2.64 bits per heavy atom. The Balaban J connectivity index is 1.56. The predicted molar refractivity (Wildman–Crippen MR) is 139 cm³/mol. The summed E-state index contributed by atoms with van der Waals surface area (Å²) < 4.78 is 11.5. The van der Waals surface area contributed by atoms with E-state index in [4.69, 9.17) is 9.47 Å². The Morgan fingerprint density at radius 1 is 1.17 bits per heavy atom. The number of H-pyrrole nitrogens is 1. The number of aromatic nitrogens is 2. The van der Waals surface area contributed by atoms with Crippen molar-refractivity contribution in [1.82, 2.24) is 20.0 Å². The Labute approximate surface area is 213 Å². The molecule has 0 radical (unpaired) electrons. The van der Waals surface area contributed by atoms with Crippen molar-refractivity contribution in [2.45, 2.75) is 65.4 Å². The zero-order valence-electron chi connectivity index (χ0n) is 22.1. The van der Waals surface area contributed by atoms with E-state index in [1.54, 1.807) is 37.1 Å². The Bertz CT molecular complexity index is 1130. The lowest BCUT2D eigenvalue weighted by atomic mass is 9.82. The average Bonchev–Trinajstić information content (AvgIpc) is 3.18. The minimum Gasteiger partial charge on any atom is -0.492 e. The number of benzene rings is 1. The van der Waals surface area contributed by atoms with Crippen molar-refractivity contribution in [3.8, 4) is 5.75 Å². The fourth-order valence-corrected chi connectivity index (χ4v) is 5.14. The highest BCUT2D eigenvalue weighted by molar-refractivity contribution is 6.17. The molecule has 4 rings (SSSR count). The summed E-state index contributed by atoms with van der Waals surface area (Å²) in [5.74, 6) is -0.0337. The van der Waals surface area contributed by atoms with Gasteiger partial charge in [0.05, 0.1) is 6.10 Å². The molecule has 36 heavy (non-hydrogen) atoms. The van der Waals surface area contributed by atoms with E-state index in [1.807, 2.05) is 19.1 Å². The van der Waals surface area contributed by atoms with Gasteiger partial charge < -0.3 is 14.4 Å². The van der Waals surface area contributed by atoms with Crippen LogP contribution in [0.5, 0.6) is 5.75 Å². The van der Waals surface area contributed by atoms with Gasteiger partial charge in [0, 0.05) is 41.5 Å². The second kappa shape index (κ2) is 10.9. The van der Waals surface area contributed by atoms with Crippen LogP contribution in [0.4, 0.5) is 0 Å². The monoisotopic (exact) mass is 494 g/mol. The third kappa shape index (κ3) is 5.81. The summed E-state index contributed by atoms with van der Waals surface area (Å²) >= 11 is 0. The molecule has 1 amide bonds. The molecular weight excluding hydrogens is 456 g/mol. The van der Waals surface area contributed by atoms with Crippen molar-refractivity contribution < 1.29 is 19.1 Å². The minimum atomic E-state index is -0.497. The van der Waals surface area contributed by atoms with Crippen LogP contribution in [-0.4, -0.2) is 70.8 Å². The first-order valence-electron chi connectivity index (χ1n) is 12.9. The number of nitrogens with zero attached hydrogens (tertiary/aromatic N) is 3. The van der Waals surface area contributed by atoms with Crippen LogP contribution in [0.3, 0.4) is 0 Å². The van der Waals surface area contributed by atoms with Crippen molar-refractivity contribution in [3.05, 3.63) is 53.0 Å². The first-order valence-corrected chi connectivity index (χ1v) is 12.9. The number of piperidine rings is 1. The van der Waals surface area contributed by atoms with Gasteiger partial charge in [0.1, 0.15) is 23.6 Å². The topological polar surface area (TPSA) is 87.8 Å². The summed E-state index contributed by atoms with van der Waals surface area (Å²) in [5.41, 5.74) is 2.66. The van der Waals surface area contributed by atoms with Crippen LogP contribution >= 0.6 is 0 Å². The maximum Gasteiger partial charge on any atom is 0.342 e. The molecule has 2 aliphatic rings. The summed E-state index contributed by atoms with van der Waals surface area (Å²) in [7, 11) is 0. The smallest absolute Gasteiger partial charge is 0.342 e. The average molecular weight is 495 g/mol. The van der Waals surface area contributed by atoms with E-state index in [0.29, 0.717) is 30.2 Å². The fourth-order valence-electron chi connectivity index (χ4n) is 5.14. The molecular formula is C28H38N4O4. The van der Waals surface area contributed by atoms with E-state index in [9.17, 15) is 9.59 Å². The Hall–Kier alpha value is -3.13. The molecule has 8 heteroatoms. The third-order valence-electron chi connectivity index (χ3n) is 6.76. The molecule has 1 aromatic heterocycles. The SMILES string of the molecule is Cc1[nH]nc2c1C(C)(C)CN(C(=O)c1cccc(OCCN3CCCCC3)c1)C=C2C(=O)OC(C)C. The highest BCUT2D eigenvalue weighted by Crippen LogP contribution is 2.37. The summed E-state index contributed by atoms with van der Waals surface area (Å²) in [6.45, 7) is 13.7. The zero-order valence-corrected chi connectivity index (χ0v) is 22.1. The van der Waals surface area contributed by atoms with Crippen molar-refractivity contribution in [2.24, 2.45) is 0 Å². The van der Waals surface area contributed by atoms with Gasteiger partial charge in [0.15, 0.2) is 0 Å². The second-order valence-corrected chi connectivity index (χ2v) is 10.7. The van der Waals surface area contributed by atoms with Crippen LogP contribution in [0.1, 0.15) is 74.3 Å². The third-order valence-corrected chi connectivity index (χ3v) is 6.76. The van der Waals surface area contributed by atoms with Gasteiger partial charge >= 0.3 is 5.97 Å². The first-order chi connectivity index (χ1) is 17.2. The number of ether oxygens (including phenoxy) is 2. The molecule has 0 unspecified atom stereocenters. The zero-order chi connectivity index (χ0) is 25.9. The van der Waals surface area contributed by atoms with Crippen LogP contribution in [0.15, 0.2) is 30.5 Å². The number of nitrogens with one attached hydrogen (secondary N) is 1. The molecule has 1 aromatic carbocycles. The van der Waals surface area contributed by atoms with E-state index in [0.717, 1.165) is 30.9 Å². The second-order valence-electron chi connectivity index (χ2n) is 10.7. The first kappa shape index (κ1) is 25.9. The number of carbonyl (C=O) groups is 2. The molecule has 1 fully saturated rings. The molecule has 0 bridgehead atoms. The standard InChI is InChI=1S/C28H38N4O4/c1-19(2)36-27(34)23-17-32(18-28(4,5)24-20(3)29-30-25(23)24)26(33)21-10-9-11-22(16-21)35-15-14-31-12-7-6-8-13-31/h9-11,16-17,19H,6-8,12-15,18H2,1-5H3,(H,29,30). The molecule has 1 N–H and O–H groups in total. The molecule has 1 saturated heterocycles. The Morgan fingerprint density at radius 2 is 1.92 bits per heavy atom. The van der Waals surface area contributed by atoms with Crippen LogP contribution in [0.2, 0.25) is 0 Å². The van der Waals surface area contributed by atoms with Gasteiger partial charge in [-0.25, -0.2) is 4.79 Å². The number of amides is 1. The van der Waals surface area contributed by atoms with Gasteiger partial charge in [-0.3, -0.25) is 14.8 Å². The summed E-state index contributed by atoms with van der Waals surface area (Å²) in [6.07, 6.45) is 5.09. The number of fused-ring (bicyclic) bond motifs is 1. The predicted octanol–water partition coefficient (Wildman–Crippen LogP) is 4.31. The number of hydrogen-bond donors (Lipinski definition) is 1. The van der Waals surface area contributed by atoms with Crippen molar-refractivity contribution >= 4 is 17.4 Å². The highest BCUT2D eigenvalue weighted by Gasteiger charge is 2.38. The molecule has 0 atom stereocenters. The number of hydrogen-bond acceptors (Lipinski definition) is 6. The lowest BCUT2D eigenvalue weighted by Crippen LogP contribution is -2.37. The van der Waals surface area contributed by atoms with Gasteiger partial charge in [-0.15, -0.1) is 0 Å². The summed E-state index contributed by atoms with van der Waals surface area (Å²) in [4.78, 5) is 30.8. The summed E-state index contributed by atoms with van der Waals surface area (Å²) in [5, 5.41) is 7.42. The van der Waals surface area contributed by atoms with E-state index < -0.39 is 11.4 Å². The quantitative estimate of drug-likeness (QED) is 0.577. The molecule has 3 heterocycles. The van der Waals surface area contributed by atoms with Crippen LogP contribution < -0.4 is 4.74 Å². The van der Waals surface area contributed by atoms with Crippen LogP contribution in [0.25, 0.3) is 5.57 Å². The number of esters is 1. The maximum atomic E-state index is 13.7. The minimum absolute atomic E-state index is 0.203. The van der Waals surface area contributed by atoms with Crippen molar-refractivity contribution in [2.75, 3.05) is 32.8 Å². The number of aromatic amines is 1. The van der Waals surface area contributed by atoms with Gasteiger partial charge in [0.2, 0.25) is 0 Å². The molecule has 0 spiro atoms. The molecule has 194 valence electrons. The van der Waals surface area contributed by atoms with Crippen LogP contribution in [-0.2, 0) is 14.9 Å². The fraction of sp³-hybridized carbons (Fsp3) is 0.536. The van der Waals surface area contributed by atoms with Crippen molar-refractivity contribution in [3.63, 3.8) is 0 Å². The number of aryl methyl sites for hydroxylation is 1. The van der Waals surface area contributed by atoms with E-state index in [2.05, 4.69) is 28.9 Å². The molecule has 0 saturated carbocycles. The summed E-state index contributed by atoms with van der Waals surface area (Å²) in [6, 6.07) is 7.27. The van der Waals surface area contributed by atoms with Crippen LogP contribution in [0, 0.1) is 6.92 Å². The molecule has 2 aromatic rings. The Kier molecular flexibility index (Phi) is 7.83. The molecule has 2 aliphatic heterocycles. The lowest BCUT2D eigenvalue weighted by molar-refractivity contribution is -0.140. The van der Waals surface area contributed by atoms with Gasteiger partial charge in [-0.1, -0.05) is 26.3 Å². The maximum absolute atomic E-state index is 13.7. The number of carbonyl (C=O) groups excluding carboxylic acids is 2. The van der Waals surface area contributed by atoms with Gasteiger partial charge in [0.25, 0.3) is 5.91 Å². The van der Waals surface area contributed by atoms with E-state index in [1.165, 1.54) is 19.3 Å². The normalized spacial score (nSPS) is 17.8. The largest absolute Gasteiger partial charge is 0.492 e. The number of likely N-dealkylation sites (tertiary alicyclic amines) is 1. The van der Waals surface area contributed by atoms with Gasteiger partial charge in [-0.2, -0.15) is 5.10 Å². The molecule has 0 aliphatic carbocycles. The lowest BCUT2D eigenvalue weighted by Gasteiger charge is -2.29.